The van der Waals surface area contributed by atoms with Crippen LogP contribution >= 0.6 is 0 Å². The number of likely N-dealkylation sites (N-methyl/N-ethyl adjacent to an activating group) is 1. The van der Waals surface area contributed by atoms with E-state index < -0.39 is 0 Å². The number of benzene rings is 1. The molecular formula is C22H31N5O. The van der Waals surface area contributed by atoms with Crippen molar-refractivity contribution in [3.8, 4) is 0 Å². The van der Waals surface area contributed by atoms with E-state index in [1.54, 1.807) is 0 Å². The fraction of sp³-hybridized carbons (Fsp3) is 0.545. The molecule has 1 amide bonds. The van der Waals surface area contributed by atoms with Gasteiger partial charge in [-0.3, -0.25) is 9.69 Å². The molecule has 150 valence electrons. The van der Waals surface area contributed by atoms with Crippen LogP contribution in [-0.2, 0) is 24.8 Å². The van der Waals surface area contributed by atoms with Crippen molar-refractivity contribution in [2.75, 3.05) is 31.5 Å². The SMILES string of the molecule is CCN1CCc2ccccc2NC2(CCN(Cc3nccn3C)CC2)CC1=O. The van der Waals surface area contributed by atoms with Crippen molar-refractivity contribution in [2.24, 2.45) is 7.05 Å². The smallest absolute Gasteiger partial charge is 0.224 e. The molecule has 1 aromatic heterocycles. The predicted octanol–water partition coefficient (Wildman–Crippen LogP) is 2.66. The highest BCUT2D eigenvalue weighted by Gasteiger charge is 2.38. The molecule has 2 aliphatic rings. The number of nitrogens with zero attached hydrogens (tertiary/aromatic N) is 4. The van der Waals surface area contributed by atoms with Gasteiger partial charge in [0.25, 0.3) is 0 Å². The molecule has 4 rings (SSSR count). The first-order valence-electron chi connectivity index (χ1n) is 10.4. The maximum Gasteiger partial charge on any atom is 0.224 e. The van der Waals surface area contributed by atoms with Crippen LogP contribution in [0.4, 0.5) is 5.69 Å². The van der Waals surface area contributed by atoms with Crippen molar-refractivity contribution in [1.82, 2.24) is 19.4 Å². The summed E-state index contributed by atoms with van der Waals surface area (Å²) in [5.74, 6) is 1.37. The van der Waals surface area contributed by atoms with Gasteiger partial charge in [0, 0.05) is 63.3 Å². The maximum absolute atomic E-state index is 13.0. The standard InChI is InChI=1S/C22H31N5O/c1-3-27-12-8-18-6-4-5-7-19(18)24-22(16-21(27)28)9-13-26(14-10-22)17-20-23-11-15-25(20)2/h4-7,11,15,24H,3,8-10,12-14,16-17H2,1-2H3. The van der Waals surface area contributed by atoms with E-state index in [0.29, 0.717) is 6.42 Å². The molecular weight excluding hydrogens is 350 g/mol. The third-order valence-corrected chi connectivity index (χ3v) is 6.39. The summed E-state index contributed by atoms with van der Waals surface area (Å²) in [5, 5.41) is 3.83. The summed E-state index contributed by atoms with van der Waals surface area (Å²) in [5.41, 5.74) is 2.35. The van der Waals surface area contributed by atoms with E-state index in [1.807, 2.05) is 24.3 Å². The number of para-hydroxylation sites is 1. The Kier molecular flexibility index (Phi) is 5.40. The molecule has 0 aliphatic carbocycles. The minimum atomic E-state index is -0.164. The maximum atomic E-state index is 13.0. The van der Waals surface area contributed by atoms with Gasteiger partial charge in [0.1, 0.15) is 5.82 Å². The van der Waals surface area contributed by atoms with Crippen molar-refractivity contribution in [3.05, 3.63) is 48.0 Å². The van der Waals surface area contributed by atoms with Gasteiger partial charge in [0.15, 0.2) is 0 Å². The Labute approximate surface area is 167 Å². The number of imidazole rings is 1. The molecule has 0 radical (unpaired) electrons. The van der Waals surface area contributed by atoms with Crippen molar-refractivity contribution in [1.29, 1.82) is 0 Å². The second kappa shape index (κ2) is 7.95. The molecule has 0 unspecified atom stereocenters. The lowest BCUT2D eigenvalue weighted by atomic mass is 9.83. The number of nitrogens with one attached hydrogen (secondary N) is 1. The van der Waals surface area contributed by atoms with Crippen molar-refractivity contribution in [3.63, 3.8) is 0 Å². The number of carbonyl (C=O) groups is 1. The van der Waals surface area contributed by atoms with Crippen LogP contribution in [-0.4, -0.2) is 57.0 Å². The average molecular weight is 382 g/mol. The zero-order valence-electron chi connectivity index (χ0n) is 17.0. The van der Waals surface area contributed by atoms with E-state index in [0.717, 1.165) is 57.8 Å². The van der Waals surface area contributed by atoms with Gasteiger partial charge in [0.05, 0.1) is 6.54 Å². The topological polar surface area (TPSA) is 53.4 Å². The lowest BCUT2D eigenvalue weighted by molar-refractivity contribution is -0.132. The molecule has 6 heteroatoms. The first kappa shape index (κ1) is 19.0. The van der Waals surface area contributed by atoms with Crippen LogP contribution in [0.3, 0.4) is 0 Å². The number of aromatic nitrogens is 2. The molecule has 1 spiro atoms. The Morgan fingerprint density at radius 3 is 2.68 bits per heavy atom. The summed E-state index contributed by atoms with van der Waals surface area (Å²) in [6.07, 6.45) is 7.27. The normalized spacial score (nSPS) is 20.2. The summed E-state index contributed by atoms with van der Waals surface area (Å²) in [6.45, 7) is 6.48. The summed E-state index contributed by atoms with van der Waals surface area (Å²) >= 11 is 0. The number of likely N-dealkylation sites (tertiary alicyclic amines) is 1. The largest absolute Gasteiger partial charge is 0.379 e. The number of piperidine rings is 1. The zero-order chi connectivity index (χ0) is 19.6. The second-order valence-corrected chi connectivity index (χ2v) is 8.19. The zero-order valence-corrected chi connectivity index (χ0v) is 17.0. The number of hydrogen-bond donors (Lipinski definition) is 1. The van der Waals surface area contributed by atoms with Gasteiger partial charge in [0.2, 0.25) is 5.91 Å². The molecule has 1 N–H and O–H groups in total. The van der Waals surface area contributed by atoms with Crippen LogP contribution in [0.25, 0.3) is 0 Å². The number of aryl methyl sites for hydroxylation is 1. The minimum absolute atomic E-state index is 0.164. The molecule has 6 nitrogen and oxygen atoms in total. The third kappa shape index (κ3) is 3.92. The fourth-order valence-corrected chi connectivity index (χ4v) is 4.50. The quantitative estimate of drug-likeness (QED) is 0.888. The van der Waals surface area contributed by atoms with Gasteiger partial charge in [-0.2, -0.15) is 0 Å². The molecule has 3 heterocycles. The van der Waals surface area contributed by atoms with E-state index in [1.165, 1.54) is 11.3 Å². The number of hydrogen-bond acceptors (Lipinski definition) is 4. The molecule has 1 fully saturated rings. The monoisotopic (exact) mass is 381 g/mol. The Morgan fingerprint density at radius 2 is 1.96 bits per heavy atom. The number of fused-ring (bicyclic) bond motifs is 1. The lowest BCUT2D eigenvalue weighted by Crippen LogP contribution is -2.51. The lowest BCUT2D eigenvalue weighted by Gasteiger charge is -2.43. The molecule has 1 saturated heterocycles. The molecule has 28 heavy (non-hydrogen) atoms. The number of anilines is 1. The average Bonchev–Trinajstić information content (AvgIpc) is 3.11. The van der Waals surface area contributed by atoms with Gasteiger partial charge in [-0.25, -0.2) is 4.98 Å². The Hall–Kier alpha value is -2.34. The van der Waals surface area contributed by atoms with Crippen LogP contribution in [0, 0.1) is 0 Å². The number of rotatable bonds is 3. The van der Waals surface area contributed by atoms with E-state index in [9.17, 15) is 4.79 Å². The second-order valence-electron chi connectivity index (χ2n) is 8.19. The molecule has 1 aromatic carbocycles. The first-order valence-corrected chi connectivity index (χ1v) is 10.4. The van der Waals surface area contributed by atoms with Gasteiger partial charge < -0.3 is 14.8 Å². The fourth-order valence-electron chi connectivity index (χ4n) is 4.50. The van der Waals surface area contributed by atoms with Crippen molar-refractivity contribution >= 4 is 11.6 Å². The van der Waals surface area contributed by atoms with Crippen molar-refractivity contribution in [2.45, 2.75) is 44.7 Å². The van der Waals surface area contributed by atoms with E-state index in [-0.39, 0.29) is 11.4 Å². The molecule has 0 bridgehead atoms. The van der Waals surface area contributed by atoms with Gasteiger partial charge in [-0.15, -0.1) is 0 Å². The van der Waals surface area contributed by atoms with Crippen LogP contribution in [0.5, 0.6) is 0 Å². The first-order chi connectivity index (χ1) is 13.6. The third-order valence-electron chi connectivity index (χ3n) is 6.39. The summed E-state index contributed by atoms with van der Waals surface area (Å²) in [6, 6.07) is 8.55. The Bertz CT molecular complexity index is 822. The Morgan fingerprint density at radius 1 is 1.18 bits per heavy atom. The predicted molar refractivity (Wildman–Crippen MR) is 111 cm³/mol. The molecule has 0 saturated carbocycles. The van der Waals surface area contributed by atoms with Gasteiger partial charge >= 0.3 is 0 Å². The van der Waals surface area contributed by atoms with Gasteiger partial charge in [-0.05, 0) is 37.8 Å². The van der Waals surface area contributed by atoms with Crippen LogP contribution in [0.2, 0.25) is 0 Å². The molecule has 0 atom stereocenters. The molecule has 2 aromatic rings. The summed E-state index contributed by atoms with van der Waals surface area (Å²) < 4.78 is 2.08. The number of amides is 1. The number of carbonyl (C=O) groups excluding carboxylic acids is 1. The van der Waals surface area contributed by atoms with Crippen LogP contribution in [0.1, 0.15) is 37.6 Å². The van der Waals surface area contributed by atoms with E-state index >= 15 is 0 Å². The van der Waals surface area contributed by atoms with Crippen LogP contribution < -0.4 is 5.32 Å². The Balaban J connectivity index is 1.53. The van der Waals surface area contributed by atoms with Crippen LogP contribution in [0.15, 0.2) is 36.7 Å². The highest BCUT2D eigenvalue weighted by molar-refractivity contribution is 5.78. The van der Waals surface area contributed by atoms with Crippen molar-refractivity contribution < 1.29 is 4.79 Å². The molecule has 2 aliphatic heterocycles. The minimum Gasteiger partial charge on any atom is -0.379 e. The highest BCUT2D eigenvalue weighted by atomic mass is 16.2. The van der Waals surface area contributed by atoms with E-state index in [4.69, 9.17) is 0 Å². The van der Waals surface area contributed by atoms with E-state index in [2.05, 4.69) is 51.0 Å². The summed E-state index contributed by atoms with van der Waals surface area (Å²) in [7, 11) is 2.04. The highest BCUT2D eigenvalue weighted by Crippen LogP contribution is 2.34. The van der Waals surface area contributed by atoms with Gasteiger partial charge in [-0.1, -0.05) is 18.2 Å². The summed E-state index contributed by atoms with van der Waals surface area (Å²) in [4.78, 5) is 22.0.